The fourth-order valence-electron chi connectivity index (χ4n) is 3.30. The van der Waals surface area contributed by atoms with Gasteiger partial charge in [0.15, 0.2) is 0 Å². The van der Waals surface area contributed by atoms with Gasteiger partial charge in [-0.15, -0.1) is 11.8 Å². The van der Waals surface area contributed by atoms with Crippen molar-refractivity contribution in [3.8, 4) is 0 Å². The molecular weight excluding hydrogens is 372 g/mol. The molecule has 28 heavy (non-hydrogen) atoms. The fraction of sp³-hybridized carbons (Fsp3) is 0.429. The lowest BCUT2D eigenvalue weighted by atomic mass is 10.2. The van der Waals surface area contributed by atoms with Gasteiger partial charge in [-0.2, -0.15) is 0 Å². The zero-order valence-corrected chi connectivity index (χ0v) is 17.2. The van der Waals surface area contributed by atoms with E-state index in [1.54, 1.807) is 18.0 Å². The predicted molar refractivity (Wildman–Crippen MR) is 114 cm³/mol. The molecule has 0 radical (unpaired) electrons. The van der Waals surface area contributed by atoms with E-state index in [0.29, 0.717) is 6.54 Å². The van der Waals surface area contributed by atoms with E-state index in [9.17, 15) is 4.79 Å². The summed E-state index contributed by atoms with van der Waals surface area (Å²) in [5.74, 6) is 0.807. The molecule has 0 saturated carbocycles. The number of nitrogens with one attached hydrogen (secondary N) is 2. The third-order valence-electron chi connectivity index (χ3n) is 4.42. The first-order chi connectivity index (χ1) is 13.6. The van der Waals surface area contributed by atoms with E-state index in [0.717, 1.165) is 41.7 Å². The van der Waals surface area contributed by atoms with Gasteiger partial charge in [-0.05, 0) is 43.7 Å². The minimum absolute atomic E-state index is 0.177. The van der Waals surface area contributed by atoms with Gasteiger partial charge in [-0.25, -0.2) is 9.78 Å². The molecule has 1 saturated heterocycles. The summed E-state index contributed by atoms with van der Waals surface area (Å²) in [7, 11) is 0. The summed E-state index contributed by atoms with van der Waals surface area (Å²) >= 11 is 1.68. The number of amides is 2. The van der Waals surface area contributed by atoms with E-state index in [1.165, 1.54) is 0 Å². The molecule has 1 aromatic carbocycles. The Morgan fingerprint density at radius 3 is 2.79 bits per heavy atom. The minimum atomic E-state index is -0.177. The number of rotatable bonds is 7. The van der Waals surface area contributed by atoms with Crippen LogP contribution in [0.1, 0.15) is 19.4 Å². The average Bonchev–Trinajstić information content (AvgIpc) is 2.67. The Morgan fingerprint density at radius 2 is 2.04 bits per heavy atom. The highest BCUT2D eigenvalue weighted by molar-refractivity contribution is 7.98. The van der Waals surface area contributed by atoms with Gasteiger partial charge in [-0.3, -0.25) is 4.90 Å². The van der Waals surface area contributed by atoms with E-state index < -0.39 is 0 Å². The molecular formula is C21H28N4O2S. The van der Waals surface area contributed by atoms with Crippen molar-refractivity contribution in [3.63, 3.8) is 0 Å². The number of hydrogen-bond acceptors (Lipinski definition) is 5. The molecule has 0 bridgehead atoms. The molecule has 2 atom stereocenters. The molecule has 1 aliphatic heterocycles. The number of thioether (sulfide) groups is 1. The first-order valence-electron chi connectivity index (χ1n) is 9.64. The molecule has 0 spiro atoms. The SMILES string of the molecule is CC1CN(CCNC(=O)Nc2cccc(CSc3ccccn3)c2)CC(C)O1. The molecule has 1 fully saturated rings. The first-order valence-corrected chi connectivity index (χ1v) is 10.6. The summed E-state index contributed by atoms with van der Waals surface area (Å²) in [5.41, 5.74) is 1.94. The maximum Gasteiger partial charge on any atom is 0.319 e. The van der Waals surface area contributed by atoms with E-state index in [4.69, 9.17) is 4.74 Å². The van der Waals surface area contributed by atoms with Crippen molar-refractivity contribution in [2.24, 2.45) is 0 Å². The molecule has 2 unspecified atom stereocenters. The Kier molecular flexibility index (Phi) is 7.71. The second-order valence-corrected chi connectivity index (χ2v) is 8.05. The van der Waals surface area contributed by atoms with Crippen LogP contribution in [0.4, 0.5) is 10.5 Å². The molecule has 7 heteroatoms. The summed E-state index contributed by atoms with van der Waals surface area (Å²) in [4.78, 5) is 18.8. The number of urea groups is 1. The van der Waals surface area contributed by atoms with Crippen LogP contribution in [0.5, 0.6) is 0 Å². The summed E-state index contributed by atoms with van der Waals surface area (Å²) in [6.07, 6.45) is 2.27. The van der Waals surface area contributed by atoms with E-state index in [-0.39, 0.29) is 18.2 Å². The van der Waals surface area contributed by atoms with Gasteiger partial charge in [0, 0.05) is 43.8 Å². The summed E-state index contributed by atoms with van der Waals surface area (Å²) in [6, 6.07) is 13.6. The molecule has 0 aliphatic carbocycles. The topological polar surface area (TPSA) is 66.5 Å². The summed E-state index contributed by atoms with van der Waals surface area (Å²) < 4.78 is 5.74. The second kappa shape index (κ2) is 10.5. The highest BCUT2D eigenvalue weighted by Crippen LogP contribution is 2.22. The van der Waals surface area contributed by atoms with Crippen molar-refractivity contribution >= 4 is 23.5 Å². The molecule has 2 aromatic rings. The highest BCUT2D eigenvalue weighted by atomic mass is 32.2. The van der Waals surface area contributed by atoms with Crippen molar-refractivity contribution in [2.45, 2.75) is 36.8 Å². The zero-order valence-electron chi connectivity index (χ0n) is 16.4. The molecule has 150 valence electrons. The van der Waals surface area contributed by atoms with Crippen molar-refractivity contribution < 1.29 is 9.53 Å². The average molecular weight is 401 g/mol. The maximum atomic E-state index is 12.2. The number of nitrogens with zero attached hydrogens (tertiary/aromatic N) is 2. The normalized spacial score (nSPS) is 19.9. The number of carbonyl (C=O) groups is 1. The van der Waals surface area contributed by atoms with Crippen LogP contribution in [-0.4, -0.2) is 54.3 Å². The van der Waals surface area contributed by atoms with Crippen molar-refractivity contribution in [3.05, 3.63) is 54.2 Å². The lowest BCUT2D eigenvalue weighted by Crippen LogP contribution is -2.48. The maximum absolute atomic E-state index is 12.2. The third-order valence-corrected chi connectivity index (χ3v) is 5.43. The summed E-state index contributed by atoms with van der Waals surface area (Å²) in [5, 5.41) is 6.85. The van der Waals surface area contributed by atoms with Gasteiger partial charge >= 0.3 is 6.03 Å². The smallest absolute Gasteiger partial charge is 0.319 e. The van der Waals surface area contributed by atoms with Crippen molar-refractivity contribution in [1.82, 2.24) is 15.2 Å². The van der Waals surface area contributed by atoms with Crippen LogP contribution in [0.3, 0.4) is 0 Å². The van der Waals surface area contributed by atoms with Gasteiger partial charge < -0.3 is 15.4 Å². The van der Waals surface area contributed by atoms with Crippen LogP contribution in [0.15, 0.2) is 53.7 Å². The van der Waals surface area contributed by atoms with Crippen LogP contribution in [0.25, 0.3) is 0 Å². The van der Waals surface area contributed by atoms with Gasteiger partial charge in [-0.1, -0.05) is 18.2 Å². The van der Waals surface area contributed by atoms with Crippen LogP contribution in [0.2, 0.25) is 0 Å². The largest absolute Gasteiger partial charge is 0.373 e. The molecule has 6 nitrogen and oxygen atoms in total. The number of ether oxygens (including phenoxy) is 1. The molecule has 2 amide bonds. The molecule has 1 aromatic heterocycles. The van der Waals surface area contributed by atoms with Crippen LogP contribution in [-0.2, 0) is 10.5 Å². The van der Waals surface area contributed by atoms with Crippen LogP contribution < -0.4 is 10.6 Å². The number of carbonyl (C=O) groups excluding carboxylic acids is 1. The van der Waals surface area contributed by atoms with Crippen LogP contribution >= 0.6 is 11.8 Å². The quantitative estimate of drug-likeness (QED) is 0.695. The Balaban J connectivity index is 1.41. The molecule has 2 heterocycles. The lowest BCUT2D eigenvalue weighted by molar-refractivity contribution is -0.0672. The molecule has 1 aliphatic rings. The van der Waals surface area contributed by atoms with Crippen molar-refractivity contribution in [2.75, 3.05) is 31.5 Å². The monoisotopic (exact) mass is 400 g/mol. The van der Waals surface area contributed by atoms with Crippen molar-refractivity contribution in [1.29, 1.82) is 0 Å². The Labute approximate surface area is 171 Å². The van der Waals surface area contributed by atoms with Gasteiger partial charge in [0.25, 0.3) is 0 Å². The summed E-state index contributed by atoms with van der Waals surface area (Å²) in [6.45, 7) is 7.42. The fourth-order valence-corrected chi connectivity index (χ4v) is 4.10. The standard InChI is InChI=1S/C21H28N4O2S/c1-16-13-25(14-17(2)27-16)11-10-23-21(26)24-19-7-5-6-18(12-19)15-28-20-8-3-4-9-22-20/h3-9,12,16-17H,10-11,13-15H2,1-2H3,(H2,23,24,26). The van der Waals surface area contributed by atoms with E-state index in [1.807, 2.05) is 36.4 Å². The predicted octanol–water partition coefficient (Wildman–Crippen LogP) is 3.60. The Hall–Kier alpha value is -2.09. The third kappa shape index (κ3) is 6.82. The van der Waals surface area contributed by atoms with Gasteiger partial charge in [0.05, 0.1) is 17.2 Å². The number of benzene rings is 1. The first kappa shape index (κ1) is 20.6. The Morgan fingerprint density at radius 1 is 1.21 bits per heavy atom. The van der Waals surface area contributed by atoms with Gasteiger partial charge in [0.1, 0.15) is 0 Å². The minimum Gasteiger partial charge on any atom is -0.373 e. The number of anilines is 1. The number of aromatic nitrogens is 1. The van der Waals surface area contributed by atoms with Crippen LogP contribution in [0, 0.1) is 0 Å². The zero-order chi connectivity index (χ0) is 19.8. The second-order valence-electron chi connectivity index (χ2n) is 7.05. The molecule has 3 rings (SSSR count). The molecule has 2 N–H and O–H groups in total. The number of pyridine rings is 1. The number of morpholine rings is 1. The Bertz CT molecular complexity index is 749. The number of hydrogen-bond donors (Lipinski definition) is 2. The van der Waals surface area contributed by atoms with E-state index in [2.05, 4.69) is 40.4 Å². The lowest BCUT2D eigenvalue weighted by Gasteiger charge is -2.35. The highest BCUT2D eigenvalue weighted by Gasteiger charge is 2.21. The van der Waals surface area contributed by atoms with Gasteiger partial charge in [0.2, 0.25) is 0 Å². The van der Waals surface area contributed by atoms with E-state index >= 15 is 0 Å².